The number of benzene rings is 3. The summed E-state index contributed by atoms with van der Waals surface area (Å²) in [5.74, 6) is -1.39. The van der Waals surface area contributed by atoms with E-state index in [-0.39, 0.29) is 35.0 Å². The molecule has 0 spiro atoms. The largest absolute Gasteiger partial charge is 0.545 e. The molecule has 1 fully saturated rings. The second-order valence-electron chi connectivity index (χ2n) is 17.1. The van der Waals surface area contributed by atoms with Crippen LogP contribution in [0.3, 0.4) is 0 Å². The molecule has 0 aromatic heterocycles. The van der Waals surface area contributed by atoms with Gasteiger partial charge in [0.1, 0.15) is 31.5 Å². The highest BCUT2D eigenvalue weighted by Crippen LogP contribution is 2.42. The number of hydrogen-bond donors (Lipinski definition) is 2. The highest BCUT2D eigenvalue weighted by molar-refractivity contribution is 6.09. The first-order valence-corrected chi connectivity index (χ1v) is 23.0. The van der Waals surface area contributed by atoms with Crippen molar-refractivity contribution in [3.05, 3.63) is 82.7 Å². The molecule has 2 amide bonds. The Morgan fingerprint density at radius 2 is 1.44 bits per heavy atom. The van der Waals surface area contributed by atoms with E-state index in [1.807, 2.05) is 80.1 Å². The molecule has 1 atom stereocenters. The molecule has 3 aliphatic rings. The molecule has 2 aromatic carbocycles. The third-order valence-corrected chi connectivity index (χ3v) is 11.8. The van der Waals surface area contributed by atoms with Gasteiger partial charge in [-0.25, -0.2) is 9.37 Å². The van der Waals surface area contributed by atoms with E-state index in [9.17, 15) is 24.3 Å². The molecule has 0 radical (unpaired) electrons. The van der Waals surface area contributed by atoms with Crippen molar-refractivity contribution < 1.29 is 33.4 Å². The number of ether oxygens (including phenoxy) is 1. The Kier molecular flexibility index (Phi) is 18.6. The van der Waals surface area contributed by atoms with Crippen LogP contribution >= 0.6 is 0 Å². The Morgan fingerprint density at radius 1 is 0.774 bits per heavy atom. The van der Waals surface area contributed by atoms with Crippen molar-refractivity contribution in [2.45, 2.75) is 129 Å². The van der Waals surface area contributed by atoms with E-state index in [1.165, 1.54) is 70.3 Å². The Bertz CT molecular complexity index is 2220. The van der Waals surface area contributed by atoms with Crippen LogP contribution in [0.15, 0.2) is 70.7 Å². The topological polar surface area (TPSA) is 144 Å². The van der Waals surface area contributed by atoms with Gasteiger partial charge in [-0.15, -0.1) is 0 Å². The van der Waals surface area contributed by atoms with Gasteiger partial charge in [0.15, 0.2) is 0 Å². The number of rotatable bonds is 26. The Labute approximate surface area is 368 Å². The summed E-state index contributed by atoms with van der Waals surface area (Å²) < 4.78 is 13.8. The van der Waals surface area contributed by atoms with Crippen molar-refractivity contribution in [1.29, 1.82) is 0 Å². The summed E-state index contributed by atoms with van der Waals surface area (Å²) in [6, 6.07) is 16.3. The van der Waals surface area contributed by atoms with Crippen molar-refractivity contribution >= 4 is 40.4 Å². The van der Waals surface area contributed by atoms with Gasteiger partial charge in [0.05, 0.1) is 17.6 Å². The molecule has 334 valence electrons. The molecule has 0 bridgehead atoms. The first kappa shape index (κ1) is 47.6. The van der Waals surface area contributed by atoms with Gasteiger partial charge in [0, 0.05) is 79.1 Å². The maximum Gasteiger partial charge on any atom is 0.338 e. The lowest BCUT2D eigenvalue weighted by molar-refractivity contribution is -0.255. The van der Waals surface area contributed by atoms with Gasteiger partial charge >= 0.3 is 5.97 Å². The molecule has 0 saturated carbocycles. The van der Waals surface area contributed by atoms with Gasteiger partial charge in [-0.3, -0.25) is 9.59 Å². The summed E-state index contributed by atoms with van der Waals surface area (Å²) >= 11 is 0. The summed E-state index contributed by atoms with van der Waals surface area (Å²) in [6.45, 7) is 3.20. The van der Waals surface area contributed by atoms with Crippen LogP contribution < -0.4 is 30.6 Å². The number of fused-ring (bicyclic) bond motifs is 2. The molecule has 1 aliphatic carbocycles. The van der Waals surface area contributed by atoms with Gasteiger partial charge < -0.3 is 34.6 Å². The number of carbonyl (C=O) groups is 4. The number of allylic oxidation sites excluding steroid dienone is 1. The molecule has 2 heterocycles. The van der Waals surface area contributed by atoms with Crippen molar-refractivity contribution in [3.8, 4) is 22.5 Å². The van der Waals surface area contributed by atoms with Crippen LogP contribution in [0.1, 0.15) is 143 Å². The SMILES string of the molecule is CCCCCCCCCCCCCC1OC(=O)C1=CCCCC(=O)NCCCCCNC(=O)c1ccc(-c2c3ccc(=[N+](C)C)cc-3oc3cc(N(C)C)ccc23)c(C(=O)[O-])c1. The summed E-state index contributed by atoms with van der Waals surface area (Å²) in [4.78, 5) is 52.3. The van der Waals surface area contributed by atoms with E-state index in [4.69, 9.17) is 9.15 Å². The Balaban J connectivity index is 1.02. The number of carboxylic acids is 1. The third-order valence-electron chi connectivity index (χ3n) is 11.8. The number of carboxylic acid groups (broad SMARTS) is 1. The molecule has 62 heavy (non-hydrogen) atoms. The van der Waals surface area contributed by atoms with E-state index >= 15 is 0 Å². The lowest BCUT2D eigenvalue weighted by Gasteiger charge is -2.29. The summed E-state index contributed by atoms with van der Waals surface area (Å²) in [6.07, 6.45) is 20.9. The first-order chi connectivity index (χ1) is 30.0. The molecular formula is C51H68N4O7. The number of carbonyl (C=O) groups excluding carboxylic acids is 4. The molecule has 1 unspecified atom stereocenters. The summed E-state index contributed by atoms with van der Waals surface area (Å²) in [7, 11) is 7.77. The van der Waals surface area contributed by atoms with E-state index in [0.717, 1.165) is 53.3 Å². The maximum absolute atomic E-state index is 13.2. The number of cyclic esters (lactones) is 1. The second-order valence-corrected chi connectivity index (χ2v) is 17.1. The summed E-state index contributed by atoms with van der Waals surface area (Å²) in [5.41, 5.74) is 4.30. The Hall–Kier alpha value is -5.45. The predicted octanol–water partition coefficient (Wildman–Crippen LogP) is 8.41. The number of nitrogens with zero attached hydrogens (tertiary/aromatic N) is 2. The standard InChI is InChI=1S/C51H68N4O7/c1-6-7-8-9-10-11-12-13-14-15-17-23-44-42(51(60)62-44)22-18-19-24-47(56)52-31-20-16-21-32-53-49(57)36-25-28-39(43(33-36)50(58)59)48-40-29-26-37(54(2)3)34-45(40)61-46-35-38(55(4)5)27-30-41(46)48/h22,25-30,33-35,44H,6-21,23-24,31-32H2,1-5H3,(H2-,52,53,56,57,58,59). The fourth-order valence-electron chi connectivity index (χ4n) is 8.11. The van der Waals surface area contributed by atoms with Crippen LogP contribution in [-0.4, -0.2) is 71.1 Å². The third kappa shape index (κ3) is 13.5. The maximum atomic E-state index is 13.2. The van der Waals surface area contributed by atoms with Crippen molar-refractivity contribution in [1.82, 2.24) is 15.2 Å². The molecule has 2 aliphatic heterocycles. The second kappa shape index (κ2) is 24.3. The van der Waals surface area contributed by atoms with Gasteiger partial charge in [0.2, 0.25) is 11.3 Å². The van der Waals surface area contributed by atoms with Crippen molar-refractivity contribution in [2.24, 2.45) is 0 Å². The molecule has 2 aromatic rings. The number of aromatic carboxylic acids is 1. The van der Waals surface area contributed by atoms with Gasteiger partial charge in [-0.2, -0.15) is 0 Å². The minimum Gasteiger partial charge on any atom is -0.545 e. The lowest BCUT2D eigenvalue weighted by Crippen LogP contribution is -2.36. The molecule has 2 N–H and O–H groups in total. The van der Waals surface area contributed by atoms with E-state index in [0.29, 0.717) is 61.2 Å². The number of amides is 2. The lowest BCUT2D eigenvalue weighted by atomic mass is 9.89. The fraction of sp³-hybridized carbons (Fsp3) is 0.510. The minimum atomic E-state index is -1.38. The monoisotopic (exact) mass is 849 g/mol. The van der Waals surface area contributed by atoms with Gasteiger partial charge in [0.25, 0.3) is 5.91 Å². The van der Waals surface area contributed by atoms with E-state index < -0.39 is 5.97 Å². The normalized spacial score (nSPS) is 14.2. The fourth-order valence-corrected chi connectivity index (χ4v) is 8.11. The first-order valence-electron chi connectivity index (χ1n) is 23.0. The number of unbranched alkanes of at least 4 members (excludes halogenated alkanes) is 13. The van der Waals surface area contributed by atoms with Gasteiger partial charge in [-0.05, 0) is 80.8 Å². The van der Waals surface area contributed by atoms with Gasteiger partial charge in [-0.1, -0.05) is 83.3 Å². The minimum absolute atomic E-state index is 0.0138. The van der Waals surface area contributed by atoms with Crippen LogP contribution in [0.5, 0.6) is 0 Å². The number of anilines is 1. The van der Waals surface area contributed by atoms with E-state index in [1.54, 1.807) is 12.1 Å². The number of nitrogens with one attached hydrogen (secondary N) is 2. The van der Waals surface area contributed by atoms with Crippen LogP contribution in [0.4, 0.5) is 5.69 Å². The number of hydrogen-bond acceptors (Lipinski definition) is 8. The quantitative estimate of drug-likeness (QED) is 0.0211. The highest BCUT2D eigenvalue weighted by Gasteiger charge is 2.34. The van der Waals surface area contributed by atoms with E-state index in [2.05, 4.69) is 17.6 Å². The molecular weight excluding hydrogens is 781 g/mol. The Morgan fingerprint density at radius 3 is 2.10 bits per heavy atom. The molecule has 1 saturated heterocycles. The highest BCUT2D eigenvalue weighted by atomic mass is 16.6. The van der Waals surface area contributed by atoms with Crippen molar-refractivity contribution in [2.75, 3.05) is 46.2 Å². The smallest absolute Gasteiger partial charge is 0.338 e. The van der Waals surface area contributed by atoms with Crippen LogP contribution in [0.2, 0.25) is 0 Å². The number of esters is 1. The van der Waals surface area contributed by atoms with Crippen LogP contribution in [-0.2, 0) is 14.3 Å². The zero-order chi connectivity index (χ0) is 44.4. The van der Waals surface area contributed by atoms with Crippen LogP contribution in [0, 0.1) is 0 Å². The average Bonchev–Trinajstić information content (AvgIpc) is 3.25. The molecule has 11 nitrogen and oxygen atoms in total. The summed E-state index contributed by atoms with van der Waals surface area (Å²) in [5, 5.41) is 20.2. The zero-order valence-corrected chi connectivity index (χ0v) is 37.7. The molecule has 11 heteroatoms. The predicted molar refractivity (Wildman–Crippen MR) is 246 cm³/mol. The van der Waals surface area contributed by atoms with Crippen molar-refractivity contribution in [3.63, 3.8) is 0 Å². The molecule has 5 rings (SSSR count). The average molecular weight is 849 g/mol. The van der Waals surface area contributed by atoms with Crippen LogP contribution in [0.25, 0.3) is 33.4 Å². The zero-order valence-electron chi connectivity index (χ0n) is 37.7.